The summed E-state index contributed by atoms with van der Waals surface area (Å²) in [7, 11) is 0. The minimum Gasteiger partial charge on any atom is -0.480 e. The van der Waals surface area contributed by atoms with Crippen LogP contribution in [0.4, 0.5) is 4.79 Å². The van der Waals surface area contributed by atoms with Crippen molar-refractivity contribution in [1.29, 1.82) is 0 Å². The fourth-order valence-corrected chi connectivity index (χ4v) is 2.05. The number of nitrogens with zero attached hydrogens (tertiary/aromatic N) is 2. The fourth-order valence-electron chi connectivity index (χ4n) is 2.05. The number of carbonyl (C=O) groups is 2. The maximum Gasteiger partial charge on any atom is 0.320 e. The Balaban J connectivity index is 2.29. The zero-order valence-corrected chi connectivity index (χ0v) is 12.1. The third kappa shape index (κ3) is 5.06. The highest BCUT2D eigenvalue weighted by molar-refractivity contribution is 5.74. The van der Waals surface area contributed by atoms with Crippen molar-refractivity contribution in [1.82, 2.24) is 15.1 Å². The van der Waals surface area contributed by atoms with Gasteiger partial charge in [-0.3, -0.25) is 9.69 Å². The highest BCUT2D eigenvalue weighted by Crippen LogP contribution is 2.07. The highest BCUT2D eigenvalue weighted by Gasteiger charge is 2.26. The summed E-state index contributed by atoms with van der Waals surface area (Å²) in [5, 5.41) is 11.8. The standard InChI is InChI=1S/C13H25N3O3/c1-10(2)4-5-14-13(19)16-8-6-15(7-9-16)11(3)12(17)18/h10-11H,4-9H2,1-3H3,(H,14,19)(H,17,18). The average molecular weight is 271 g/mol. The van der Waals surface area contributed by atoms with Crippen LogP contribution in [0.1, 0.15) is 27.2 Å². The molecule has 1 saturated heterocycles. The van der Waals surface area contributed by atoms with Crippen LogP contribution < -0.4 is 5.32 Å². The van der Waals surface area contributed by atoms with Crippen molar-refractivity contribution in [2.75, 3.05) is 32.7 Å². The van der Waals surface area contributed by atoms with Crippen LogP contribution in [0, 0.1) is 5.92 Å². The monoisotopic (exact) mass is 271 g/mol. The number of urea groups is 1. The summed E-state index contributed by atoms with van der Waals surface area (Å²) in [5.74, 6) is -0.233. The molecular weight excluding hydrogens is 246 g/mol. The largest absolute Gasteiger partial charge is 0.480 e. The summed E-state index contributed by atoms with van der Waals surface area (Å²) in [6.45, 7) is 9.03. The van der Waals surface area contributed by atoms with Crippen molar-refractivity contribution >= 4 is 12.0 Å². The molecule has 0 aromatic rings. The summed E-state index contributed by atoms with van der Waals surface area (Å²) in [6.07, 6.45) is 0.974. The Hall–Kier alpha value is -1.30. The molecule has 0 aromatic carbocycles. The van der Waals surface area contributed by atoms with Gasteiger partial charge in [-0.1, -0.05) is 13.8 Å². The van der Waals surface area contributed by atoms with E-state index in [0.717, 1.165) is 6.42 Å². The van der Waals surface area contributed by atoms with Crippen LogP contribution in [0.25, 0.3) is 0 Å². The van der Waals surface area contributed by atoms with Crippen molar-refractivity contribution in [3.05, 3.63) is 0 Å². The van der Waals surface area contributed by atoms with Crippen molar-refractivity contribution in [2.24, 2.45) is 5.92 Å². The SMILES string of the molecule is CC(C)CCNC(=O)N1CCN(C(C)C(=O)O)CC1. The molecule has 2 amide bonds. The van der Waals surface area contributed by atoms with Gasteiger partial charge >= 0.3 is 12.0 Å². The molecule has 0 aromatic heterocycles. The molecule has 110 valence electrons. The van der Waals surface area contributed by atoms with Gasteiger partial charge in [0.1, 0.15) is 6.04 Å². The first kappa shape index (κ1) is 15.8. The fraction of sp³-hybridized carbons (Fsp3) is 0.846. The second-order valence-corrected chi connectivity index (χ2v) is 5.45. The molecule has 0 spiro atoms. The van der Waals surface area contributed by atoms with Crippen LogP contribution in [0.15, 0.2) is 0 Å². The van der Waals surface area contributed by atoms with Crippen LogP contribution in [0.5, 0.6) is 0 Å². The molecule has 6 nitrogen and oxygen atoms in total. The van der Waals surface area contributed by atoms with Crippen LogP contribution in [0.3, 0.4) is 0 Å². The highest BCUT2D eigenvalue weighted by atomic mass is 16.4. The summed E-state index contributed by atoms with van der Waals surface area (Å²) in [6, 6.07) is -0.519. The smallest absolute Gasteiger partial charge is 0.320 e. The minimum absolute atomic E-state index is 0.0386. The second kappa shape index (κ2) is 7.33. The lowest BCUT2D eigenvalue weighted by Crippen LogP contribution is -2.55. The number of amides is 2. The molecule has 6 heteroatoms. The van der Waals surface area contributed by atoms with E-state index in [9.17, 15) is 9.59 Å². The van der Waals surface area contributed by atoms with Gasteiger partial charge in [0.25, 0.3) is 0 Å². The average Bonchev–Trinajstić information content (AvgIpc) is 2.37. The van der Waals surface area contributed by atoms with E-state index < -0.39 is 12.0 Å². The summed E-state index contributed by atoms with van der Waals surface area (Å²) in [5.41, 5.74) is 0. The van der Waals surface area contributed by atoms with Gasteiger partial charge in [-0.15, -0.1) is 0 Å². The molecule has 1 atom stereocenters. The van der Waals surface area contributed by atoms with E-state index in [1.165, 1.54) is 0 Å². The normalized spacial score (nSPS) is 18.4. The number of carboxylic acids is 1. The maximum atomic E-state index is 11.9. The van der Waals surface area contributed by atoms with Crippen molar-refractivity contribution < 1.29 is 14.7 Å². The van der Waals surface area contributed by atoms with E-state index in [-0.39, 0.29) is 6.03 Å². The van der Waals surface area contributed by atoms with E-state index in [0.29, 0.717) is 38.6 Å². The summed E-state index contributed by atoms with van der Waals surface area (Å²) in [4.78, 5) is 26.4. The Morgan fingerprint density at radius 2 is 1.74 bits per heavy atom. The van der Waals surface area contributed by atoms with E-state index in [4.69, 9.17) is 5.11 Å². The molecule has 1 aliphatic rings. The van der Waals surface area contributed by atoms with Gasteiger partial charge in [0, 0.05) is 32.7 Å². The lowest BCUT2D eigenvalue weighted by atomic mass is 10.1. The number of piperazine rings is 1. The first-order valence-electron chi connectivity index (χ1n) is 6.91. The van der Waals surface area contributed by atoms with E-state index in [1.54, 1.807) is 11.8 Å². The van der Waals surface area contributed by atoms with Crippen molar-refractivity contribution in [3.8, 4) is 0 Å². The molecule has 1 fully saturated rings. The number of aliphatic carboxylic acids is 1. The van der Waals surface area contributed by atoms with Gasteiger partial charge in [-0.05, 0) is 19.3 Å². The van der Waals surface area contributed by atoms with Gasteiger partial charge in [-0.25, -0.2) is 4.79 Å². The molecular formula is C13H25N3O3. The molecule has 0 bridgehead atoms. The topological polar surface area (TPSA) is 72.9 Å². The Kier molecular flexibility index (Phi) is 6.08. The molecule has 1 aliphatic heterocycles. The zero-order valence-electron chi connectivity index (χ0n) is 12.1. The van der Waals surface area contributed by atoms with E-state index in [2.05, 4.69) is 19.2 Å². The Morgan fingerprint density at radius 3 is 2.21 bits per heavy atom. The summed E-state index contributed by atoms with van der Waals surface area (Å²) >= 11 is 0. The van der Waals surface area contributed by atoms with Gasteiger partial charge in [0.15, 0.2) is 0 Å². The quantitative estimate of drug-likeness (QED) is 0.777. The van der Waals surface area contributed by atoms with E-state index in [1.807, 2.05) is 4.90 Å². The third-order valence-corrected chi connectivity index (χ3v) is 3.50. The molecule has 0 saturated carbocycles. The van der Waals surface area contributed by atoms with Crippen LogP contribution in [-0.4, -0.2) is 65.7 Å². The number of carbonyl (C=O) groups excluding carboxylic acids is 1. The summed E-state index contributed by atoms with van der Waals surface area (Å²) < 4.78 is 0. The Morgan fingerprint density at radius 1 is 1.16 bits per heavy atom. The zero-order chi connectivity index (χ0) is 14.4. The van der Waals surface area contributed by atoms with Crippen molar-refractivity contribution in [2.45, 2.75) is 33.2 Å². The third-order valence-electron chi connectivity index (χ3n) is 3.50. The predicted octanol–water partition coefficient (Wildman–Crippen LogP) is 0.833. The minimum atomic E-state index is -0.810. The molecule has 19 heavy (non-hydrogen) atoms. The maximum absolute atomic E-state index is 11.9. The number of nitrogens with one attached hydrogen (secondary N) is 1. The number of rotatable bonds is 5. The lowest BCUT2D eigenvalue weighted by molar-refractivity contribution is -0.143. The molecule has 0 aliphatic carbocycles. The molecule has 0 radical (unpaired) electrons. The van der Waals surface area contributed by atoms with Crippen LogP contribution in [0.2, 0.25) is 0 Å². The van der Waals surface area contributed by atoms with E-state index >= 15 is 0 Å². The number of carboxylic acid groups (broad SMARTS) is 1. The predicted molar refractivity (Wildman–Crippen MR) is 73.1 cm³/mol. The van der Waals surface area contributed by atoms with Gasteiger partial charge in [0.05, 0.1) is 0 Å². The van der Waals surface area contributed by atoms with Crippen LogP contribution >= 0.6 is 0 Å². The Labute approximate surface area is 114 Å². The van der Waals surface area contributed by atoms with Crippen LogP contribution in [-0.2, 0) is 4.79 Å². The van der Waals surface area contributed by atoms with Gasteiger partial charge < -0.3 is 15.3 Å². The first-order valence-corrected chi connectivity index (χ1v) is 6.91. The van der Waals surface area contributed by atoms with Crippen molar-refractivity contribution in [3.63, 3.8) is 0 Å². The number of hydrogen-bond donors (Lipinski definition) is 2. The molecule has 1 heterocycles. The van der Waals surface area contributed by atoms with Gasteiger partial charge in [0.2, 0.25) is 0 Å². The molecule has 1 rings (SSSR count). The molecule has 1 unspecified atom stereocenters. The number of hydrogen-bond acceptors (Lipinski definition) is 3. The molecule has 2 N–H and O–H groups in total. The lowest BCUT2D eigenvalue weighted by Gasteiger charge is -2.36. The first-order chi connectivity index (χ1) is 8.91. The Bertz CT molecular complexity index is 312. The van der Waals surface area contributed by atoms with Gasteiger partial charge in [-0.2, -0.15) is 0 Å². The second-order valence-electron chi connectivity index (χ2n) is 5.45.